The van der Waals surface area contributed by atoms with Gasteiger partial charge in [0.15, 0.2) is 0 Å². The van der Waals surface area contributed by atoms with Crippen molar-refractivity contribution in [1.82, 2.24) is 0 Å². The highest BCUT2D eigenvalue weighted by molar-refractivity contribution is 5.69. The number of esters is 1. The second-order valence-electron chi connectivity index (χ2n) is 4.80. The summed E-state index contributed by atoms with van der Waals surface area (Å²) in [5, 5.41) is 0. The third-order valence-corrected chi connectivity index (χ3v) is 2.97. The maximum absolute atomic E-state index is 11.5. The van der Waals surface area contributed by atoms with Crippen LogP contribution in [0.1, 0.15) is 45.4 Å². The number of carbonyl (C=O) groups is 1. The van der Waals surface area contributed by atoms with Crippen molar-refractivity contribution in [1.29, 1.82) is 0 Å². The molecular formula is C16H25NO3. The van der Waals surface area contributed by atoms with E-state index in [9.17, 15) is 4.79 Å². The molecule has 0 saturated carbocycles. The molecule has 2 N–H and O–H groups in total. The first-order valence-electron chi connectivity index (χ1n) is 7.36. The predicted octanol–water partition coefficient (Wildman–Crippen LogP) is 3.55. The number of unbranched alkanes of at least 4 members (excludes halogenated alkanes) is 4. The van der Waals surface area contributed by atoms with Crippen molar-refractivity contribution in [3.63, 3.8) is 0 Å². The van der Waals surface area contributed by atoms with Gasteiger partial charge in [0.05, 0.1) is 19.6 Å². The fourth-order valence-electron chi connectivity index (χ4n) is 1.78. The van der Waals surface area contributed by atoms with Gasteiger partial charge < -0.3 is 15.2 Å². The summed E-state index contributed by atoms with van der Waals surface area (Å²) < 4.78 is 10.6. The van der Waals surface area contributed by atoms with E-state index in [1.165, 1.54) is 19.3 Å². The van der Waals surface area contributed by atoms with Crippen molar-refractivity contribution < 1.29 is 14.3 Å². The second-order valence-corrected chi connectivity index (χ2v) is 4.80. The lowest BCUT2D eigenvalue weighted by Crippen LogP contribution is -2.10. The first-order valence-corrected chi connectivity index (χ1v) is 7.36. The fraction of sp³-hybridized carbons (Fsp3) is 0.562. The number of rotatable bonds is 10. The number of ether oxygens (including phenoxy) is 2. The molecule has 1 rings (SSSR count). The molecule has 4 nitrogen and oxygen atoms in total. The zero-order valence-electron chi connectivity index (χ0n) is 12.3. The molecule has 0 aliphatic carbocycles. The molecule has 112 valence electrons. The van der Waals surface area contributed by atoms with Gasteiger partial charge in [-0.1, -0.05) is 32.6 Å². The quantitative estimate of drug-likeness (QED) is 0.404. The van der Waals surface area contributed by atoms with E-state index in [4.69, 9.17) is 15.2 Å². The average molecular weight is 279 g/mol. The summed E-state index contributed by atoms with van der Waals surface area (Å²) in [7, 11) is 0. The lowest BCUT2D eigenvalue weighted by atomic mass is 10.2. The molecule has 0 spiro atoms. The highest BCUT2D eigenvalue weighted by atomic mass is 16.5. The van der Waals surface area contributed by atoms with E-state index < -0.39 is 0 Å². The standard InChI is InChI=1S/C16H25NO3/c1-2-3-4-5-6-12-20-16(18)11-13-19-15-9-7-14(17)8-10-15/h7-10H,2-6,11-13,17H2,1H3. The lowest BCUT2D eigenvalue weighted by Gasteiger charge is -2.07. The smallest absolute Gasteiger partial charge is 0.309 e. The maximum Gasteiger partial charge on any atom is 0.309 e. The van der Waals surface area contributed by atoms with Crippen LogP contribution in [0.25, 0.3) is 0 Å². The molecular weight excluding hydrogens is 254 g/mol. The third kappa shape index (κ3) is 7.67. The summed E-state index contributed by atoms with van der Waals surface area (Å²) in [4.78, 5) is 11.5. The number of nitrogen functional groups attached to an aromatic ring is 1. The van der Waals surface area contributed by atoms with Crippen LogP contribution < -0.4 is 10.5 Å². The number of anilines is 1. The number of hydrogen-bond acceptors (Lipinski definition) is 4. The van der Waals surface area contributed by atoms with E-state index in [1.807, 2.05) is 0 Å². The molecule has 1 aromatic rings. The van der Waals surface area contributed by atoms with Crippen LogP contribution in [-0.2, 0) is 9.53 Å². The number of benzene rings is 1. The summed E-state index contributed by atoms with van der Waals surface area (Å²) >= 11 is 0. The minimum absolute atomic E-state index is 0.198. The second kappa shape index (κ2) is 10.1. The first-order chi connectivity index (χ1) is 9.72. The normalized spacial score (nSPS) is 10.2. The summed E-state index contributed by atoms with van der Waals surface area (Å²) in [5.74, 6) is 0.516. The molecule has 0 amide bonds. The van der Waals surface area contributed by atoms with E-state index in [0.717, 1.165) is 12.8 Å². The van der Waals surface area contributed by atoms with Gasteiger partial charge in [0.2, 0.25) is 0 Å². The number of nitrogens with two attached hydrogens (primary N) is 1. The Kier molecular flexibility index (Phi) is 8.27. The molecule has 0 saturated heterocycles. The number of hydrogen-bond donors (Lipinski definition) is 1. The van der Waals surface area contributed by atoms with Gasteiger partial charge in [-0.25, -0.2) is 0 Å². The molecule has 0 radical (unpaired) electrons. The Morgan fingerprint density at radius 2 is 1.75 bits per heavy atom. The van der Waals surface area contributed by atoms with Gasteiger partial charge in [-0.15, -0.1) is 0 Å². The zero-order valence-corrected chi connectivity index (χ0v) is 12.3. The van der Waals surface area contributed by atoms with Crippen molar-refractivity contribution >= 4 is 11.7 Å². The van der Waals surface area contributed by atoms with Crippen LogP contribution in [0.3, 0.4) is 0 Å². The van der Waals surface area contributed by atoms with Crippen LogP contribution in [0.2, 0.25) is 0 Å². The monoisotopic (exact) mass is 279 g/mol. The van der Waals surface area contributed by atoms with Crippen molar-refractivity contribution in [2.45, 2.75) is 45.4 Å². The molecule has 4 heteroatoms. The molecule has 0 aromatic heterocycles. The molecule has 0 bridgehead atoms. The van der Waals surface area contributed by atoms with E-state index in [-0.39, 0.29) is 12.4 Å². The third-order valence-electron chi connectivity index (χ3n) is 2.97. The molecule has 20 heavy (non-hydrogen) atoms. The molecule has 0 heterocycles. The SMILES string of the molecule is CCCCCCCOC(=O)CCOc1ccc(N)cc1. The van der Waals surface area contributed by atoms with Gasteiger partial charge in [0, 0.05) is 5.69 Å². The molecule has 0 unspecified atom stereocenters. The Morgan fingerprint density at radius 3 is 2.45 bits per heavy atom. The fourth-order valence-corrected chi connectivity index (χ4v) is 1.78. The largest absolute Gasteiger partial charge is 0.493 e. The van der Waals surface area contributed by atoms with Crippen LogP contribution >= 0.6 is 0 Å². The Balaban J connectivity index is 2.01. The van der Waals surface area contributed by atoms with Crippen LogP contribution in [0.5, 0.6) is 5.75 Å². The van der Waals surface area contributed by atoms with Crippen LogP contribution in [0.4, 0.5) is 5.69 Å². The highest BCUT2D eigenvalue weighted by Gasteiger charge is 2.03. The van der Waals surface area contributed by atoms with E-state index in [0.29, 0.717) is 24.7 Å². The Labute approximate surface area is 121 Å². The van der Waals surface area contributed by atoms with E-state index >= 15 is 0 Å². The maximum atomic E-state index is 11.5. The topological polar surface area (TPSA) is 61.5 Å². The van der Waals surface area contributed by atoms with Crippen molar-refractivity contribution in [2.24, 2.45) is 0 Å². The summed E-state index contributed by atoms with van der Waals surface area (Å²) in [6.45, 7) is 3.03. The zero-order chi connectivity index (χ0) is 14.6. The van der Waals surface area contributed by atoms with Gasteiger partial charge in [0.25, 0.3) is 0 Å². The van der Waals surface area contributed by atoms with E-state index in [1.54, 1.807) is 24.3 Å². The molecule has 0 atom stereocenters. The van der Waals surface area contributed by atoms with Crippen LogP contribution in [-0.4, -0.2) is 19.2 Å². The Bertz CT molecular complexity index is 376. The van der Waals surface area contributed by atoms with Crippen molar-refractivity contribution in [3.8, 4) is 5.75 Å². The van der Waals surface area contributed by atoms with Crippen LogP contribution in [0, 0.1) is 0 Å². The van der Waals surface area contributed by atoms with Gasteiger partial charge in [-0.3, -0.25) is 4.79 Å². The summed E-state index contributed by atoms with van der Waals surface area (Å²) in [6.07, 6.45) is 6.05. The summed E-state index contributed by atoms with van der Waals surface area (Å²) in [6, 6.07) is 7.11. The molecule has 0 fully saturated rings. The lowest BCUT2D eigenvalue weighted by molar-refractivity contribution is -0.144. The van der Waals surface area contributed by atoms with Crippen molar-refractivity contribution in [3.05, 3.63) is 24.3 Å². The Hall–Kier alpha value is -1.71. The predicted molar refractivity (Wildman–Crippen MR) is 80.7 cm³/mol. The van der Waals surface area contributed by atoms with Crippen molar-refractivity contribution in [2.75, 3.05) is 18.9 Å². The first kappa shape index (κ1) is 16.3. The van der Waals surface area contributed by atoms with Gasteiger partial charge in [0.1, 0.15) is 5.75 Å². The summed E-state index contributed by atoms with van der Waals surface area (Å²) in [5.41, 5.74) is 6.27. The Morgan fingerprint density at radius 1 is 1.05 bits per heavy atom. The minimum Gasteiger partial charge on any atom is -0.493 e. The minimum atomic E-state index is -0.198. The van der Waals surface area contributed by atoms with Gasteiger partial charge in [-0.2, -0.15) is 0 Å². The van der Waals surface area contributed by atoms with E-state index in [2.05, 4.69) is 6.92 Å². The number of carbonyl (C=O) groups excluding carboxylic acids is 1. The van der Waals surface area contributed by atoms with Crippen LogP contribution in [0.15, 0.2) is 24.3 Å². The van der Waals surface area contributed by atoms with Gasteiger partial charge in [-0.05, 0) is 30.7 Å². The van der Waals surface area contributed by atoms with Gasteiger partial charge >= 0.3 is 5.97 Å². The average Bonchev–Trinajstić information content (AvgIpc) is 2.45. The molecule has 0 aliphatic rings. The molecule has 0 aliphatic heterocycles. The highest BCUT2D eigenvalue weighted by Crippen LogP contribution is 2.13. The molecule has 1 aromatic carbocycles.